The standard InChI is InChI=1S/C23H29ClFN3O4S/c1-4-5-14-26-23(30)17(2)27(15-18-10-12-19(24)13-11-18)22(29)16-28(33(3,31)32)21-9-7-6-8-20(21)25/h6-13,17H,4-5,14-16H2,1-3H3,(H,26,30)/t17-/m0/s1. The van der Waals surface area contributed by atoms with Gasteiger partial charge in [-0.2, -0.15) is 0 Å². The van der Waals surface area contributed by atoms with Crippen LogP contribution in [-0.4, -0.2) is 50.5 Å². The topological polar surface area (TPSA) is 86.8 Å². The van der Waals surface area contributed by atoms with E-state index in [0.717, 1.165) is 25.2 Å². The summed E-state index contributed by atoms with van der Waals surface area (Å²) in [5.41, 5.74) is 0.470. The number of carbonyl (C=O) groups is 2. The molecule has 0 saturated heterocycles. The van der Waals surface area contributed by atoms with Crippen LogP contribution < -0.4 is 9.62 Å². The van der Waals surface area contributed by atoms with Crippen molar-refractivity contribution in [2.45, 2.75) is 39.3 Å². The van der Waals surface area contributed by atoms with Crippen molar-refractivity contribution in [2.24, 2.45) is 0 Å². The molecule has 0 fully saturated rings. The number of hydrogen-bond donors (Lipinski definition) is 1. The summed E-state index contributed by atoms with van der Waals surface area (Å²) in [5, 5.41) is 3.31. The van der Waals surface area contributed by atoms with E-state index < -0.39 is 34.3 Å². The van der Waals surface area contributed by atoms with Crippen LogP contribution >= 0.6 is 11.6 Å². The molecule has 1 N–H and O–H groups in total. The van der Waals surface area contributed by atoms with Gasteiger partial charge < -0.3 is 10.2 Å². The SMILES string of the molecule is CCCCNC(=O)[C@H](C)N(Cc1ccc(Cl)cc1)C(=O)CN(c1ccccc1F)S(C)(=O)=O. The highest BCUT2D eigenvalue weighted by Gasteiger charge is 2.30. The molecule has 2 rings (SSSR count). The van der Waals surface area contributed by atoms with Gasteiger partial charge in [-0.05, 0) is 43.2 Å². The third kappa shape index (κ3) is 7.71. The van der Waals surface area contributed by atoms with Gasteiger partial charge in [-0.15, -0.1) is 0 Å². The quantitative estimate of drug-likeness (QED) is 0.481. The number of carbonyl (C=O) groups excluding carboxylic acids is 2. The van der Waals surface area contributed by atoms with Crippen molar-refractivity contribution < 1.29 is 22.4 Å². The summed E-state index contributed by atoms with van der Waals surface area (Å²) in [5.74, 6) is -1.77. The zero-order valence-electron chi connectivity index (χ0n) is 18.9. The minimum Gasteiger partial charge on any atom is -0.354 e. The summed E-state index contributed by atoms with van der Waals surface area (Å²) >= 11 is 5.94. The first-order valence-electron chi connectivity index (χ1n) is 10.6. The Balaban J connectivity index is 2.34. The highest BCUT2D eigenvalue weighted by atomic mass is 35.5. The molecule has 0 radical (unpaired) electrons. The molecule has 0 aromatic heterocycles. The third-order valence-electron chi connectivity index (χ3n) is 5.06. The molecule has 7 nitrogen and oxygen atoms in total. The molecule has 0 heterocycles. The van der Waals surface area contributed by atoms with Gasteiger partial charge in [0.25, 0.3) is 0 Å². The molecule has 0 bridgehead atoms. The molecule has 2 aromatic carbocycles. The molecular weight excluding hydrogens is 469 g/mol. The number of hydrogen-bond acceptors (Lipinski definition) is 4. The molecule has 2 amide bonds. The van der Waals surface area contributed by atoms with E-state index in [9.17, 15) is 22.4 Å². The number of nitrogens with one attached hydrogen (secondary N) is 1. The van der Waals surface area contributed by atoms with Crippen LogP contribution in [0.25, 0.3) is 0 Å². The number of rotatable bonds is 11. The van der Waals surface area contributed by atoms with Gasteiger partial charge in [-0.25, -0.2) is 12.8 Å². The van der Waals surface area contributed by atoms with Gasteiger partial charge in [-0.3, -0.25) is 13.9 Å². The van der Waals surface area contributed by atoms with E-state index in [1.54, 1.807) is 31.2 Å². The largest absolute Gasteiger partial charge is 0.354 e. The van der Waals surface area contributed by atoms with E-state index in [1.165, 1.54) is 23.1 Å². The molecule has 0 saturated carbocycles. The van der Waals surface area contributed by atoms with Gasteiger partial charge in [0.05, 0.1) is 11.9 Å². The smallest absolute Gasteiger partial charge is 0.244 e. The Labute approximate surface area is 199 Å². The van der Waals surface area contributed by atoms with E-state index >= 15 is 0 Å². The van der Waals surface area contributed by atoms with Gasteiger partial charge in [-0.1, -0.05) is 49.2 Å². The molecular formula is C23H29ClFN3O4S. The van der Waals surface area contributed by atoms with Crippen LogP contribution in [0.2, 0.25) is 5.02 Å². The summed E-state index contributed by atoms with van der Waals surface area (Å²) in [4.78, 5) is 27.3. The van der Waals surface area contributed by atoms with Gasteiger partial charge in [0.15, 0.2) is 0 Å². The number of anilines is 1. The highest BCUT2D eigenvalue weighted by Crippen LogP contribution is 2.22. The Kier molecular flexibility index (Phi) is 9.67. The molecule has 33 heavy (non-hydrogen) atoms. The lowest BCUT2D eigenvalue weighted by Crippen LogP contribution is -2.51. The molecule has 0 aliphatic rings. The number of para-hydroxylation sites is 1. The summed E-state index contributed by atoms with van der Waals surface area (Å²) < 4.78 is 39.9. The number of benzene rings is 2. The van der Waals surface area contributed by atoms with Crippen LogP contribution in [0.15, 0.2) is 48.5 Å². The van der Waals surface area contributed by atoms with Crippen molar-refractivity contribution in [3.8, 4) is 0 Å². The van der Waals surface area contributed by atoms with Gasteiger partial charge in [0.1, 0.15) is 18.4 Å². The lowest BCUT2D eigenvalue weighted by atomic mass is 10.1. The molecule has 0 aliphatic carbocycles. The monoisotopic (exact) mass is 497 g/mol. The zero-order valence-corrected chi connectivity index (χ0v) is 20.5. The number of sulfonamides is 1. The van der Waals surface area contributed by atoms with Crippen LogP contribution in [0.3, 0.4) is 0 Å². The summed E-state index contributed by atoms with van der Waals surface area (Å²) in [6, 6.07) is 11.2. The van der Waals surface area contributed by atoms with Crippen molar-refractivity contribution in [1.29, 1.82) is 0 Å². The first-order valence-corrected chi connectivity index (χ1v) is 12.8. The lowest BCUT2D eigenvalue weighted by molar-refractivity contribution is -0.139. The Morgan fingerprint density at radius 2 is 1.76 bits per heavy atom. The molecule has 0 aliphatic heterocycles. The van der Waals surface area contributed by atoms with E-state index in [4.69, 9.17) is 11.6 Å². The fraction of sp³-hybridized carbons (Fsp3) is 0.391. The number of unbranched alkanes of at least 4 members (excludes halogenated alkanes) is 1. The second-order valence-electron chi connectivity index (χ2n) is 7.69. The van der Waals surface area contributed by atoms with Gasteiger partial charge >= 0.3 is 0 Å². The number of amides is 2. The first kappa shape index (κ1) is 26.6. The highest BCUT2D eigenvalue weighted by molar-refractivity contribution is 7.92. The van der Waals surface area contributed by atoms with Crippen LogP contribution in [0.1, 0.15) is 32.3 Å². The summed E-state index contributed by atoms with van der Waals surface area (Å²) in [6.07, 6.45) is 2.59. The number of halogens is 2. The second-order valence-corrected chi connectivity index (χ2v) is 10.0. The van der Waals surface area contributed by atoms with Gasteiger partial charge in [0, 0.05) is 18.1 Å². The van der Waals surface area contributed by atoms with E-state index in [0.29, 0.717) is 21.4 Å². The predicted molar refractivity (Wildman–Crippen MR) is 128 cm³/mol. The molecule has 1 atom stereocenters. The van der Waals surface area contributed by atoms with E-state index in [1.807, 2.05) is 6.92 Å². The van der Waals surface area contributed by atoms with Crippen molar-refractivity contribution in [1.82, 2.24) is 10.2 Å². The zero-order chi connectivity index (χ0) is 24.6. The maximum atomic E-state index is 14.4. The summed E-state index contributed by atoms with van der Waals surface area (Å²) in [6.45, 7) is 3.43. The fourth-order valence-electron chi connectivity index (χ4n) is 3.15. The van der Waals surface area contributed by atoms with Crippen molar-refractivity contribution in [3.05, 3.63) is 64.9 Å². The summed E-state index contributed by atoms with van der Waals surface area (Å²) in [7, 11) is -3.98. The van der Waals surface area contributed by atoms with Crippen LogP contribution in [0.4, 0.5) is 10.1 Å². The van der Waals surface area contributed by atoms with Crippen molar-refractivity contribution in [3.63, 3.8) is 0 Å². The Morgan fingerprint density at radius 3 is 2.33 bits per heavy atom. The molecule has 10 heteroatoms. The van der Waals surface area contributed by atoms with Crippen LogP contribution in [0.5, 0.6) is 0 Å². The third-order valence-corrected chi connectivity index (χ3v) is 6.44. The second kappa shape index (κ2) is 12.0. The normalized spacial score (nSPS) is 12.2. The van der Waals surface area contributed by atoms with E-state index in [2.05, 4.69) is 5.32 Å². The predicted octanol–water partition coefficient (Wildman–Crippen LogP) is 3.58. The lowest BCUT2D eigenvalue weighted by Gasteiger charge is -2.31. The average Bonchev–Trinajstić information content (AvgIpc) is 2.76. The Morgan fingerprint density at radius 1 is 1.12 bits per heavy atom. The van der Waals surface area contributed by atoms with Crippen LogP contribution in [-0.2, 0) is 26.2 Å². The molecule has 0 unspecified atom stereocenters. The maximum absolute atomic E-state index is 14.4. The number of nitrogens with zero attached hydrogens (tertiary/aromatic N) is 2. The van der Waals surface area contributed by atoms with Gasteiger partial charge in [0.2, 0.25) is 21.8 Å². The van der Waals surface area contributed by atoms with Crippen LogP contribution in [0, 0.1) is 5.82 Å². The average molecular weight is 498 g/mol. The Hall–Kier alpha value is -2.65. The van der Waals surface area contributed by atoms with Crippen molar-refractivity contribution >= 4 is 39.1 Å². The maximum Gasteiger partial charge on any atom is 0.244 e. The molecule has 2 aromatic rings. The Bertz CT molecular complexity index is 1060. The molecule has 0 spiro atoms. The first-order chi connectivity index (χ1) is 15.5. The van der Waals surface area contributed by atoms with Crippen molar-refractivity contribution in [2.75, 3.05) is 23.7 Å². The minimum absolute atomic E-state index is 0.0488. The fourth-order valence-corrected chi connectivity index (χ4v) is 4.13. The minimum atomic E-state index is -3.98. The molecule has 180 valence electrons. The van der Waals surface area contributed by atoms with E-state index in [-0.39, 0.29) is 18.1 Å².